The van der Waals surface area contributed by atoms with Gasteiger partial charge in [0.2, 0.25) is 0 Å². The predicted molar refractivity (Wildman–Crippen MR) is 79.7 cm³/mol. The van der Waals surface area contributed by atoms with Gasteiger partial charge in [-0.25, -0.2) is 4.79 Å². The minimum atomic E-state index is -0.931. The van der Waals surface area contributed by atoms with Gasteiger partial charge in [-0.2, -0.15) is 0 Å². The summed E-state index contributed by atoms with van der Waals surface area (Å²) >= 11 is 0. The first-order chi connectivity index (χ1) is 8.81. The summed E-state index contributed by atoms with van der Waals surface area (Å²) in [7, 11) is 0. The number of carboxylic acid groups (broad SMARTS) is 1. The molecule has 0 spiro atoms. The zero-order valence-electron chi connectivity index (χ0n) is 12.2. The normalized spacial score (nSPS) is 11.1. The molecule has 1 aromatic carbocycles. The van der Waals surface area contributed by atoms with Crippen molar-refractivity contribution >= 4 is 17.3 Å². The summed E-state index contributed by atoms with van der Waals surface area (Å²) in [6, 6.07) is 5.10. The van der Waals surface area contributed by atoms with Crippen molar-refractivity contribution < 1.29 is 9.90 Å². The number of benzene rings is 1. The summed E-state index contributed by atoms with van der Waals surface area (Å²) in [5.74, 6) is 0.00991. The number of nitrogens with two attached hydrogens (primary N) is 1. The average Bonchev–Trinajstić information content (AvgIpc) is 2.26. The third-order valence-electron chi connectivity index (χ3n) is 2.76. The molecule has 3 N–H and O–H groups in total. The summed E-state index contributed by atoms with van der Waals surface area (Å²) in [4.78, 5) is 13.5. The maximum atomic E-state index is 11.4. The second-order valence-corrected chi connectivity index (χ2v) is 5.77. The van der Waals surface area contributed by atoms with Gasteiger partial charge in [-0.15, -0.1) is 0 Å². The van der Waals surface area contributed by atoms with Crippen molar-refractivity contribution in [2.24, 2.45) is 11.8 Å². The highest BCUT2D eigenvalue weighted by atomic mass is 16.4. The molecular formula is C15H24N2O2. The molecule has 1 rings (SSSR count). The largest absolute Gasteiger partial charge is 0.478 e. The summed E-state index contributed by atoms with van der Waals surface area (Å²) in [6.07, 6.45) is 0. The van der Waals surface area contributed by atoms with E-state index in [-0.39, 0.29) is 5.56 Å². The Morgan fingerprint density at radius 2 is 1.74 bits per heavy atom. The van der Waals surface area contributed by atoms with Crippen LogP contribution in [0.3, 0.4) is 0 Å². The van der Waals surface area contributed by atoms with Crippen molar-refractivity contribution in [2.45, 2.75) is 27.7 Å². The Bertz CT molecular complexity index is 432. The monoisotopic (exact) mass is 264 g/mol. The van der Waals surface area contributed by atoms with Gasteiger partial charge in [-0.1, -0.05) is 27.7 Å². The van der Waals surface area contributed by atoms with Crippen LogP contribution in [-0.2, 0) is 0 Å². The van der Waals surface area contributed by atoms with Crippen LogP contribution in [0.1, 0.15) is 38.1 Å². The fourth-order valence-corrected chi connectivity index (χ4v) is 2.15. The Balaban J connectivity index is 3.16. The standard InChI is InChI=1S/C15H24N2O2/c1-10(2)8-17(9-11(3)4)14-6-5-12(16)7-13(14)15(18)19/h5-7,10-11H,8-9,16H2,1-4H3,(H,18,19). The lowest BCUT2D eigenvalue weighted by molar-refractivity contribution is 0.0697. The van der Waals surface area contributed by atoms with E-state index in [1.54, 1.807) is 6.07 Å². The van der Waals surface area contributed by atoms with Crippen LogP contribution in [0.4, 0.5) is 11.4 Å². The van der Waals surface area contributed by atoms with Gasteiger partial charge in [0.15, 0.2) is 0 Å². The fraction of sp³-hybridized carbons (Fsp3) is 0.533. The molecule has 0 aliphatic rings. The molecular weight excluding hydrogens is 240 g/mol. The molecule has 0 fully saturated rings. The molecule has 0 radical (unpaired) electrons. The fourth-order valence-electron chi connectivity index (χ4n) is 2.15. The van der Waals surface area contributed by atoms with Crippen molar-refractivity contribution in [3.8, 4) is 0 Å². The zero-order valence-corrected chi connectivity index (χ0v) is 12.2. The van der Waals surface area contributed by atoms with E-state index in [1.807, 2.05) is 6.07 Å². The van der Waals surface area contributed by atoms with Crippen LogP contribution in [0.15, 0.2) is 18.2 Å². The highest BCUT2D eigenvalue weighted by molar-refractivity contribution is 5.95. The van der Waals surface area contributed by atoms with E-state index >= 15 is 0 Å². The molecule has 0 saturated heterocycles. The van der Waals surface area contributed by atoms with Crippen molar-refractivity contribution in [3.05, 3.63) is 23.8 Å². The van der Waals surface area contributed by atoms with Crippen LogP contribution >= 0.6 is 0 Å². The third-order valence-corrected chi connectivity index (χ3v) is 2.76. The molecule has 0 amide bonds. The number of aromatic carboxylic acids is 1. The van der Waals surface area contributed by atoms with Gasteiger partial charge in [-0.05, 0) is 30.0 Å². The second kappa shape index (κ2) is 6.45. The number of carboxylic acids is 1. The van der Waals surface area contributed by atoms with Crippen molar-refractivity contribution in [1.29, 1.82) is 0 Å². The number of nitrogens with zero attached hydrogens (tertiary/aromatic N) is 1. The molecule has 0 aliphatic heterocycles. The van der Waals surface area contributed by atoms with E-state index in [0.29, 0.717) is 17.5 Å². The minimum absolute atomic E-state index is 0.279. The summed E-state index contributed by atoms with van der Waals surface area (Å²) in [6.45, 7) is 10.2. The van der Waals surface area contributed by atoms with E-state index in [0.717, 1.165) is 18.8 Å². The summed E-state index contributed by atoms with van der Waals surface area (Å²) in [5, 5.41) is 9.33. The Morgan fingerprint density at radius 3 is 2.16 bits per heavy atom. The molecule has 0 saturated carbocycles. The highest BCUT2D eigenvalue weighted by Crippen LogP contribution is 2.25. The number of hydrogen-bond acceptors (Lipinski definition) is 3. The van der Waals surface area contributed by atoms with Crippen LogP contribution in [0.25, 0.3) is 0 Å². The van der Waals surface area contributed by atoms with Gasteiger partial charge < -0.3 is 15.7 Å². The molecule has 0 bridgehead atoms. The van der Waals surface area contributed by atoms with Crippen LogP contribution < -0.4 is 10.6 Å². The van der Waals surface area contributed by atoms with Gasteiger partial charge in [0, 0.05) is 18.8 Å². The van der Waals surface area contributed by atoms with Crippen LogP contribution in [-0.4, -0.2) is 24.2 Å². The van der Waals surface area contributed by atoms with Crippen LogP contribution in [0.2, 0.25) is 0 Å². The van der Waals surface area contributed by atoms with Crippen LogP contribution in [0.5, 0.6) is 0 Å². The van der Waals surface area contributed by atoms with Gasteiger partial charge in [-0.3, -0.25) is 0 Å². The average molecular weight is 264 g/mol. The Hall–Kier alpha value is -1.71. The topological polar surface area (TPSA) is 66.6 Å². The van der Waals surface area contributed by atoms with Gasteiger partial charge in [0.25, 0.3) is 0 Å². The Morgan fingerprint density at radius 1 is 1.21 bits per heavy atom. The van der Waals surface area contributed by atoms with Crippen molar-refractivity contribution in [2.75, 3.05) is 23.7 Å². The summed E-state index contributed by atoms with van der Waals surface area (Å²) in [5.41, 5.74) is 7.20. The van der Waals surface area contributed by atoms with Crippen molar-refractivity contribution in [1.82, 2.24) is 0 Å². The number of rotatable bonds is 6. The van der Waals surface area contributed by atoms with E-state index < -0.39 is 5.97 Å². The Labute approximate surface area is 115 Å². The molecule has 0 heterocycles. The molecule has 0 unspecified atom stereocenters. The second-order valence-electron chi connectivity index (χ2n) is 5.77. The number of nitrogen functional groups attached to an aromatic ring is 1. The highest BCUT2D eigenvalue weighted by Gasteiger charge is 2.18. The molecule has 0 aromatic heterocycles. The lowest BCUT2D eigenvalue weighted by atomic mass is 10.1. The first-order valence-corrected chi connectivity index (χ1v) is 6.69. The molecule has 1 aromatic rings. The maximum absolute atomic E-state index is 11.4. The maximum Gasteiger partial charge on any atom is 0.337 e. The molecule has 19 heavy (non-hydrogen) atoms. The Kier molecular flexibility index (Phi) is 5.21. The molecule has 4 heteroatoms. The minimum Gasteiger partial charge on any atom is -0.478 e. The van der Waals surface area contributed by atoms with Gasteiger partial charge >= 0.3 is 5.97 Å². The number of hydrogen-bond donors (Lipinski definition) is 2. The van der Waals surface area contributed by atoms with Crippen molar-refractivity contribution in [3.63, 3.8) is 0 Å². The van der Waals surface area contributed by atoms with E-state index in [4.69, 9.17) is 5.73 Å². The lowest BCUT2D eigenvalue weighted by Gasteiger charge is -2.29. The van der Waals surface area contributed by atoms with Crippen LogP contribution in [0, 0.1) is 11.8 Å². The molecule has 0 atom stereocenters. The lowest BCUT2D eigenvalue weighted by Crippen LogP contribution is -2.32. The van der Waals surface area contributed by atoms with Gasteiger partial charge in [0.1, 0.15) is 0 Å². The van der Waals surface area contributed by atoms with E-state index in [1.165, 1.54) is 6.07 Å². The molecule has 106 valence electrons. The number of anilines is 2. The number of carbonyl (C=O) groups is 1. The third kappa shape index (κ3) is 4.47. The first-order valence-electron chi connectivity index (χ1n) is 6.69. The predicted octanol–water partition coefficient (Wildman–Crippen LogP) is 3.09. The molecule has 0 aliphatic carbocycles. The first kappa shape index (κ1) is 15.3. The quantitative estimate of drug-likeness (QED) is 0.775. The SMILES string of the molecule is CC(C)CN(CC(C)C)c1ccc(N)cc1C(=O)O. The van der Waals surface area contributed by atoms with E-state index in [9.17, 15) is 9.90 Å². The molecule has 4 nitrogen and oxygen atoms in total. The zero-order chi connectivity index (χ0) is 14.6. The van der Waals surface area contributed by atoms with E-state index in [2.05, 4.69) is 32.6 Å². The smallest absolute Gasteiger partial charge is 0.337 e. The summed E-state index contributed by atoms with van der Waals surface area (Å²) < 4.78 is 0. The van der Waals surface area contributed by atoms with Gasteiger partial charge in [0.05, 0.1) is 11.3 Å².